The summed E-state index contributed by atoms with van der Waals surface area (Å²) in [4.78, 5) is 44.7. The zero-order valence-corrected chi connectivity index (χ0v) is 19.9. The number of nitrogens with one attached hydrogen (secondary N) is 1. The fraction of sp³-hybridized carbons (Fsp3) is 0.308. The van der Waals surface area contributed by atoms with Crippen molar-refractivity contribution >= 4 is 35.3 Å². The third-order valence-electron chi connectivity index (χ3n) is 5.41. The predicted octanol–water partition coefficient (Wildman–Crippen LogP) is 2.49. The van der Waals surface area contributed by atoms with Crippen molar-refractivity contribution in [1.82, 2.24) is 10.2 Å². The molecule has 0 atom stereocenters. The van der Waals surface area contributed by atoms with Gasteiger partial charge in [0.1, 0.15) is 5.84 Å². The summed E-state index contributed by atoms with van der Waals surface area (Å²) in [5.41, 5.74) is 8.87. The van der Waals surface area contributed by atoms with E-state index in [0.717, 1.165) is 36.3 Å². The van der Waals surface area contributed by atoms with Gasteiger partial charge in [0.25, 0.3) is 5.91 Å². The lowest BCUT2D eigenvalue weighted by atomic mass is 10.1. The van der Waals surface area contributed by atoms with E-state index in [2.05, 4.69) is 17.2 Å². The van der Waals surface area contributed by atoms with E-state index in [-0.39, 0.29) is 11.5 Å². The molecule has 1 heterocycles. The monoisotopic (exact) mass is 461 g/mol. The molecule has 0 saturated carbocycles. The molecular formula is C26H31N5O3. The van der Waals surface area contributed by atoms with Crippen LogP contribution in [0.1, 0.15) is 45.2 Å². The van der Waals surface area contributed by atoms with Gasteiger partial charge >= 0.3 is 0 Å². The first-order valence-corrected chi connectivity index (χ1v) is 11.3. The lowest BCUT2D eigenvalue weighted by molar-refractivity contribution is -0.116. The molecule has 0 unspecified atom stereocenters. The number of aliphatic imine (C=N–C) groups is 1. The zero-order valence-electron chi connectivity index (χ0n) is 19.9. The molecule has 3 amide bonds. The van der Waals surface area contributed by atoms with Crippen LogP contribution in [0.4, 0.5) is 5.69 Å². The Morgan fingerprint density at radius 2 is 1.91 bits per heavy atom. The third kappa shape index (κ3) is 6.39. The molecule has 0 aromatic heterocycles. The Hall–Kier alpha value is -3.78. The van der Waals surface area contributed by atoms with Gasteiger partial charge in [0.2, 0.25) is 11.8 Å². The molecule has 1 aliphatic rings. The second kappa shape index (κ2) is 11.4. The van der Waals surface area contributed by atoms with Crippen LogP contribution < -0.4 is 16.0 Å². The molecule has 3 N–H and O–H groups in total. The number of rotatable bonds is 9. The van der Waals surface area contributed by atoms with Gasteiger partial charge in [-0.2, -0.15) is 4.99 Å². The third-order valence-corrected chi connectivity index (χ3v) is 5.41. The molecular weight excluding hydrogens is 430 g/mol. The number of amides is 3. The minimum absolute atomic E-state index is 0.138. The molecule has 8 heteroatoms. The highest BCUT2D eigenvalue weighted by molar-refractivity contribution is 6.13. The van der Waals surface area contributed by atoms with E-state index in [4.69, 9.17) is 5.73 Å². The molecule has 178 valence electrons. The van der Waals surface area contributed by atoms with Crippen LogP contribution in [0.5, 0.6) is 0 Å². The van der Waals surface area contributed by atoms with Crippen molar-refractivity contribution in [3.8, 4) is 0 Å². The van der Waals surface area contributed by atoms with Gasteiger partial charge in [-0.25, -0.2) is 0 Å². The van der Waals surface area contributed by atoms with E-state index in [9.17, 15) is 14.4 Å². The summed E-state index contributed by atoms with van der Waals surface area (Å²) >= 11 is 0. The van der Waals surface area contributed by atoms with Crippen LogP contribution >= 0.6 is 0 Å². The minimum Gasteiger partial charge on any atom is -0.366 e. The van der Waals surface area contributed by atoms with Gasteiger partial charge in [0.15, 0.2) is 0 Å². The molecule has 0 bridgehead atoms. The summed E-state index contributed by atoms with van der Waals surface area (Å²) in [7, 11) is 3.91. The fourth-order valence-corrected chi connectivity index (χ4v) is 3.71. The number of carbonyl (C=O) groups is 3. The molecule has 0 aliphatic carbocycles. The van der Waals surface area contributed by atoms with Crippen LogP contribution in [-0.4, -0.2) is 62.2 Å². The summed E-state index contributed by atoms with van der Waals surface area (Å²) in [5.74, 6) is -0.480. The first-order valence-electron chi connectivity index (χ1n) is 11.3. The number of nitrogens with two attached hydrogens (primary N) is 1. The van der Waals surface area contributed by atoms with Crippen LogP contribution in [0.3, 0.4) is 0 Å². The molecule has 3 rings (SSSR count). The summed E-state index contributed by atoms with van der Waals surface area (Å²) in [6, 6.07) is 12.2. The van der Waals surface area contributed by atoms with Crippen LogP contribution in [0, 0.1) is 0 Å². The number of carbonyl (C=O) groups excluding carboxylic acids is 3. The van der Waals surface area contributed by atoms with Crippen LogP contribution in [0.25, 0.3) is 6.08 Å². The van der Waals surface area contributed by atoms with Crippen LogP contribution in [0.15, 0.2) is 53.5 Å². The Morgan fingerprint density at radius 3 is 2.62 bits per heavy atom. The van der Waals surface area contributed by atoms with Crippen molar-refractivity contribution in [2.75, 3.05) is 38.6 Å². The highest BCUT2D eigenvalue weighted by atomic mass is 16.2. The number of hydrogen-bond acceptors (Lipinski definition) is 4. The number of amidine groups is 1. The first-order chi connectivity index (χ1) is 16.3. The van der Waals surface area contributed by atoms with E-state index in [0.29, 0.717) is 24.4 Å². The van der Waals surface area contributed by atoms with Crippen molar-refractivity contribution in [2.45, 2.75) is 19.8 Å². The van der Waals surface area contributed by atoms with Crippen molar-refractivity contribution in [1.29, 1.82) is 0 Å². The Bertz CT molecular complexity index is 1140. The highest BCUT2D eigenvalue weighted by Gasteiger charge is 2.26. The van der Waals surface area contributed by atoms with Gasteiger partial charge in [-0.1, -0.05) is 19.1 Å². The van der Waals surface area contributed by atoms with Gasteiger partial charge in [-0.15, -0.1) is 0 Å². The molecule has 0 spiro atoms. The Balaban J connectivity index is 1.77. The summed E-state index contributed by atoms with van der Waals surface area (Å²) in [6.45, 7) is 4.16. The van der Waals surface area contributed by atoms with E-state index in [1.54, 1.807) is 24.3 Å². The lowest BCUT2D eigenvalue weighted by Gasteiger charge is -2.19. The minimum atomic E-state index is -0.588. The molecule has 2 aromatic rings. The quantitative estimate of drug-likeness (QED) is 0.558. The fourth-order valence-electron chi connectivity index (χ4n) is 3.71. The van der Waals surface area contributed by atoms with Crippen molar-refractivity contribution < 1.29 is 14.4 Å². The van der Waals surface area contributed by atoms with Crippen molar-refractivity contribution in [3.63, 3.8) is 0 Å². The number of fused-ring (bicyclic) bond motifs is 1. The second-order valence-corrected chi connectivity index (χ2v) is 8.42. The Labute approximate surface area is 200 Å². The van der Waals surface area contributed by atoms with Crippen molar-refractivity contribution in [2.24, 2.45) is 10.7 Å². The van der Waals surface area contributed by atoms with Gasteiger partial charge in [0, 0.05) is 48.9 Å². The van der Waals surface area contributed by atoms with E-state index in [1.807, 2.05) is 42.1 Å². The molecule has 8 nitrogen and oxygen atoms in total. The molecule has 0 fully saturated rings. The molecule has 34 heavy (non-hydrogen) atoms. The Kier molecular flexibility index (Phi) is 8.32. The number of nitrogens with zero attached hydrogens (tertiary/aromatic N) is 3. The van der Waals surface area contributed by atoms with E-state index >= 15 is 0 Å². The molecule has 0 radical (unpaired) electrons. The van der Waals surface area contributed by atoms with Gasteiger partial charge in [-0.05, 0) is 68.1 Å². The highest BCUT2D eigenvalue weighted by Crippen LogP contribution is 2.31. The summed E-state index contributed by atoms with van der Waals surface area (Å²) < 4.78 is 0. The Morgan fingerprint density at radius 1 is 1.15 bits per heavy atom. The maximum absolute atomic E-state index is 12.8. The number of hydrogen-bond donors (Lipinski definition) is 2. The van der Waals surface area contributed by atoms with Gasteiger partial charge in [-0.3, -0.25) is 14.4 Å². The van der Waals surface area contributed by atoms with Crippen LogP contribution in [0.2, 0.25) is 0 Å². The molecule has 1 aliphatic heterocycles. The average molecular weight is 462 g/mol. The zero-order chi connectivity index (χ0) is 24.7. The topological polar surface area (TPSA) is 108 Å². The first kappa shape index (κ1) is 24.9. The molecule has 0 saturated heterocycles. The average Bonchev–Trinajstić information content (AvgIpc) is 3.13. The maximum atomic E-state index is 12.8. The smallest absolute Gasteiger partial charge is 0.278 e. The van der Waals surface area contributed by atoms with Gasteiger partial charge in [0.05, 0.1) is 0 Å². The summed E-state index contributed by atoms with van der Waals surface area (Å²) in [5, 5.41) is 2.85. The number of primary amides is 1. The maximum Gasteiger partial charge on any atom is 0.278 e. The number of likely N-dealkylation sites (N-methyl/N-ethyl adjacent to an activating group) is 1. The van der Waals surface area contributed by atoms with Crippen molar-refractivity contribution in [3.05, 3.63) is 70.8 Å². The lowest BCUT2D eigenvalue weighted by Crippen LogP contribution is -2.30. The van der Waals surface area contributed by atoms with E-state index in [1.165, 1.54) is 12.1 Å². The summed E-state index contributed by atoms with van der Waals surface area (Å²) in [6.07, 6.45) is 4.71. The largest absolute Gasteiger partial charge is 0.366 e. The normalized spacial score (nSPS) is 14.1. The SMILES string of the molecule is CCCN1C(=NC(=O)c2cccc(C(N)=O)c2)Cc2cc(/C=C/C(=O)NCCN(C)C)ccc21. The van der Waals surface area contributed by atoms with Gasteiger partial charge < -0.3 is 20.9 Å². The van der Waals surface area contributed by atoms with E-state index < -0.39 is 11.8 Å². The molecule has 2 aromatic carbocycles. The second-order valence-electron chi connectivity index (χ2n) is 8.42. The number of benzene rings is 2. The predicted molar refractivity (Wildman–Crippen MR) is 135 cm³/mol. The van der Waals surface area contributed by atoms with Crippen LogP contribution in [-0.2, 0) is 11.2 Å². The standard InChI is InChI=1S/C26H31N5O3/c1-4-13-31-22-10-8-18(9-11-24(32)28-12-14-30(2)3)15-21(22)17-23(31)29-26(34)20-7-5-6-19(16-20)25(27)33/h5-11,15-16H,4,12-14,17H2,1-3H3,(H2,27,33)(H,28,32)/b11-9+,29-23?. The number of anilines is 1.